The smallest absolute Gasteiger partial charge is 0.406 e. The molecule has 0 aliphatic carbocycles. The van der Waals surface area contributed by atoms with Crippen molar-refractivity contribution in [2.24, 2.45) is 0 Å². The minimum absolute atomic E-state index is 0.0957. The third-order valence-corrected chi connectivity index (χ3v) is 4.42. The lowest BCUT2D eigenvalue weighted by Crippen LogP contribution is -2.31. The molecule has 0 saturated heterocycles. The van der Waals surface area contributed by atoms with Crippen molar-refractivity contribution in [3.63, 3.8) is 0 Å². The normalized spacial score (nSPS) is 12.9. The number of amides is 1. The predicted molar refractivity (Wildman–Crippen MR) is 87.1 cm³/mol. The van der Waals surface area contributed by atoms with Crippen LogP contribution < -0.4 is 10.1 Å². The van der Waals surface area contributed by atoms with Crippen molar-refractivity contribution in [2.45, 2.75) is 19.3 Å². The number of ether oxygens (including phenoxy) is 1. The van der Waals surface area contributed by atoms with Gasteiger partial charge in [-0.3, -0.25) is 9.69 Å². The van der Waals surface area contributed by atoms with E-state index in [1.165, 1.54) is 12.1 Å². The molecule has 0 fully saturated rings. The van der Waals surface area contributed by atoms with Crippen molar-refractivity contribution in [1.82, 2.24) is 4.90 Å². The molecule has 1 aromatic heterocycles. The summed E-state index contributed by atoms with van der Waals surface area (Å²) in [6.45, 7) is 2.17. The number of halogens is 3. The highest BCUT2D eigenvalue weighted by Gasteiger charge is 2.30. The van der Waals surface area contributed by atoms with E-state index in [4.69, 9.17) is 0 Å². The van der Waals surface area contributed by atoms with Crippen LogP contribution in [0.25, 0.3) is 0 Å². The average molecular weight is 358 g/mol. The molecule has 0 aliphatic heterocycles. The number of hydrogen-bond donors (Lipinski definition) is 1. The van der Waals surface area contributed by atoms with Gasteiger partial charge in [0.25, 0.3) is 0 Å². The lowest BCUT2D eigenvalue weighted by Gasteiger charge is -2.23. The minimum atomic E-state index is -4.73. The minimum Gasteiger partial charge on any atom is -0.406 e. The van der Waals surface area contributed by atoms with Crippen molar-refractivity contribution in [1.29, 1.82) is 0 Å². The number of anilines is 1. The molecule has 24 heavy (non-hydrogen) atoms. The summed E-state index contributed by atoms with van der Waals surface area (Å²) in [5, 5.41) is 4.63. The second-order valence-corrected chi connectivity index (χ2v) is 6.21. The number of nitrogens with one attached hydrogen (secondary N) is 1. The largest absolute Gasteiger partial charge is 0.573 e. The molecule has 0 spiro atoms. The summed E-state index contributed by atoms with van der Waals surface area (Å²) in [5.41, 5.74) is 0.409. The zero-order chi connectivity index (χ0) is 17.7. The molecule has 0 radical (unpaired) electrons. The summed E-state index contributed by atoms with van der Waals surface area (Å²) >= 11 is 1.62. The molecule has 4 nitrogen and oxygen atoms in total. The third kappa shape index (κ3) is 5.54. The van der Waals surface area contributed by atoms with Gasteiger partial charge in [-0.2, -0.15) is 0 Å². The highest BCUT2D eigenvalue weighted by Crippen LogP contribution is 2.25. The Labute approximate surface area is 141 Å². The highest BCUT2D eigenvalue weighted by molar-refractivity contribution is 7.10. The second-order valence-electron chi connectivity index (χ2n) is 5.23. The monoisotopic (exact) mass is 358 g/mol. The first-order chi connectivity index (χ1) is 11.2. The first-order valence-electron chi connectivity index (χ1n) is 7.14. The molecule has 2 rings (SSSR count). The van der Waals surface area contributed by atoms with Crippen LogP contribution in [0.15, 0.2) is 41.8 Å². The van der Waals surface area contributed by atoms with E-state index < -0.39 is 6.36 Å². The fraction of sp³-hybridized carbons (Fsp3) is 0.312. The first kappa shape index (κ1) is 18.3. The van der Waals surface area contributed by atoms with E-state index >= 15 is 0 Å². The van der Waals surface area contributed by atoms with Crippen LogP contribution in [0.2, 0.25) is 0 Å². The molecule has 2 aromatic rings. The van der Waals surface area contributed by atoms with Gasteiger partial charge in [0.1, 0.15) is 5.75 Å². The standard InChI is InChI=1S/C16H17F3N2O2S/c1-11(14-4-3-9-24-14)21(2)10-15(22)20-12-5-7-13(8-6-12)23-16(17,18)19/h3-9,11H,10H2,1-2H3,(H,20,22). The topological polar surface area (TPSA) is 41.6 Å². The molecule has 1 unspecified atom stereocenters. The summed E-state index contributed by atoms with van der Waals surface area (Å²) in [7, 11) is 1.84. The maximum atomic E-state index is 12.1. The Morgan fingerprint density at radius 2 is 1.96 bits per heavy atom. The lowest BCUT2D eigenvalue weighted by atomic mass is 10.2. The van der Waals surface area contributed by atoms with Gasteiger partial charge in [-0.25, -0.2) is 0 Å². The SMILES string of the molecule is CC(c1cccs1)N(C)CC(=O)Nc1ccc(OC(F)(F)F)cc1. The van der Waals surface area contributed by atoms with Crippen LogP contribution in [-0.4, -0.2) is 30.8 Å². The molecular weight excluding hydrogens is 341 g/mol. The van der Waals surface area contributed by atoms with Gasteiger partial charge in [0.05, 0.1) is 6.54 Å². The zero-order valence-electron chi connectivity index (χ0n) is 13.1. The van der Waals surface area contributed by atoms with Gasteiger partial charge < -0.3 is 10.1 Å². The van der Waals surface area contributed by atoms with Crippen molar-refractivity contribution in [3.8, 4) is 5.75 Å². The van der Waals surface area contributed by atoms with E-state index in [9.17, 15) is 18.0 Å². The van der Waals surface area contributed by atoms with Gasteiger partial charge in [0, 0.05) is 16.6 Å². The number of nitrogens with zero attached hydrogens (tertiary/aromatic N) is 1. The van der Waals surface area contributed by atoms with Crippen LogP contribution in [0.4, 0.5) is 18.9 Å². The Hall–Kier alpha value is -2.06. The predicted octanol–water partition coefficient (Wildman–Crippen LogP) is 4.28. The van der Waals surface area contributed by atoms with Crippen LogP contribution in [0, 0.1) is 0 Å². The third-order valence-electron chi connectivity index (χ3n) is 3.38. The molecule has 1 atom stereocenters. The van der Waals surface area contributed by atoms with Crippen LogP contribution in [0.1, 0.15) is 17.8 Å². The van der Waals surface area contributed by atoms with E-state index in [-0.39, 0.29) is 24.2 Å². The quantitative estimate of drug-likeness (QED) is 0.838. The van der Waals surface area contributed by atoms with Gasteiger partial charge in [-0.15, -0.1) is 24.5 Å². The number of likely N-dealkylation sites (N-methyl/N-ethyl adjacent to an activating group) is 1. The Balaban J connectivity index is 1.88. The van der Waals surface area contributed by atoms with E-state index in [1.807, 2.05) is 36.4 Å². The summed E-state index contributed by atoms with van der Waals surface area (Å²) in [6.07, 6.45) is -4.73. The molecule has 1 N–H and O–H groups in total. The maximum absolute atomic E-state index is 12.1. The number of alkyl halides is 3. The van der Waals surface area contributed by atoms with Crippen LogP contribution in [0.3, 0.4) is 0 Å². The molecule has 0 saturated carbocycles. The molecule has 1 aromatic carbocycles. The Morgan fingerprint density at radius 1 is 1.29 bits per heavy atom. The molecule has 8 heteroatoms. The fourth-order valence-corrected chi connectivity index (χ4v) is 2.90. The first-order valence-corrected chi connectivity index (χ1v) is 8.02. The van der Waals surface area contributed by atoms with Gasteiger partial charge in [0.2, 0.25) is 5.91 Å². The van der Waals surface area contributed by atoms with E-state index in [1.54, 1.807) is 11.3 Å². The van der Waals surface area contributed by atoms with Gasteiger partial charge >= 0.3 is 6.36 Å². The summed E-state index contributed by atoms with van der Waals surface area (Å²) < 4.78 is 40.1. The summed E-state index contributed by atoms with van der Waals surface area (Å²) in [6, 6.07) is 9.09. The van der Waals surface area contributed by atoms with Crippen molar-refractivity contribution in [2.75, 3.05) is 18.9 Å². The van der Waals surface area contributed by atoms with E-state index in [0.717, 1.165) is 17.0 Å². The molecule has 130 valence electrons. The maximum Gasteiger partial charge on any atom is 0.573 e. The molecule has 0 bridgehead atoms. The Kier molecular flexibility index (Phi) is 5.84. The van der Waals surface area contributed by atoms with E-state index in [2.05, 4.69) is 10.1 Å². The molecule has 1 heterocycles. The number of hydrogen-bond acceptors (Lipinski definition) is 4. The number of rotatable bonds is 6. The van der Waals surface area contributed by atoms with Crippen LogP contribution in [0.5, 0.6) is 5.75 Å². The summed E-state index contributed by atoms with van der Waals surface area (Å²) in [4.78, 5) is 15.1. The lowest BCUT2D eigenvalue weighted by molar-refractivity contribution is -0.274. The zero-order valence-corrected chi connectivity index (χ0v) is 13.9. The number of carbonyl (C=O) groups excluding carboxylic acids is 1. The van der Waals surface area contributed by atoms with Gasteiger partial charge in [-0.1, -0.05) is 6.07 Å². The van der Waals surface area contributed by atoms with Crippen LogP contribution in [-0.2, 0) is 4.79 Å². The fourth-order valence-electron chi connectivity index (χ4n) is 2.05. The van der Waals surface area contributed by atoms with Crippen LogP contribution >= 0.6 is 11.3 Å². The molecule has 0 aliphatic rings. The number of benzene rings is 1. The second kappa shape index (κ2) is 7.67. The Bertz CT molecular complexity index is 657. The number of carbonyl (C=O) groups is 1. The highest BCUT2D eigenvalue weighted by atomic mass is 32.1. The summed E-state index contributed by atoms with van der Waals surface area (Å²) in [5.74, 6) is -0.575. The molecule has 1 amide bonds. The molecular formula is C16H17F3N2O2S. The van der Waals surface area contributed by atoms with E-state index in [0.29, 0.717) is 5.69 Å². The van der Waals surface area contributed by atoms with Gasteiger partial charge in [0.15, 0.2) is 0 Å². The van der Waals surface area contributed by atoms with Gasteiger partial charge in [-0.05, 0) is 49.7 Å². The Morgan fingerprint density at radius 3 is 2.50 bits per heavy atom. The van der Waals surface area contributed by atoms with Crippen molar-refractivity contribution < 1.29 is 22.7 Å². The van der Waals surface area contributed by atoms with Crippen molar-refractivity contribution in [3.05, 3.63) is 46.7 Å². The average Bonchev–Trinajstić information content (AvgIpc) is 3.01. The number of thiophene rings is 1. The van der Waals surface area contributed by atoms with Crippen molar-refractivity contribution >= 4 is 22.9 Å².